The Balaban J connectivity index is 1.26. The van der Waals surface area contributed by atoms with Gasteiger partial charge in [0.15, 0.2) is 11.5 Å². The molecule has 0 saturated carbocycles. The predicted octanol–water partition coefficient (Wildman–Crippen LogP) is 5.39. The standard InChI is InChI=1S/C32H37N5O4/c1-21(2)37-13-11-22(12-14-37)19-41-29-17-27-26(16-28(29)39-3)32(35-20-34-27)24-6-8-25(9-7-24)36-30(38)15-23-5-10-31(40-4)33-18-23/h5-10,16-18,20-22H,11-15,19H2,1-4H3,(H,36,38). The van der Waals surface area contributed by atoms with E-state index in [1.807, 2.05) is 42.5 Å². The van der Waals surface area contributed by atoms with Crippen LogP contribution in [0.25, 0.3) is 22.2 Å². The summed E-state index contributed by atoms with van der Waals surface area (Å²) in [6.45, 7) is 7.39. The van der Waals surface area contributed by atoms with Gasteiger partial charge in [-0.15, -0.1) is 0 Å². The number of piperidine rings is 1. The zero-order chi connectivity index (χ0) is 28.8. The molecular weight excluding hydrogens is 518 g/mol. The summed E-state index contributed by atoms with van der Waals surface area (Å²) in [6.07, 6.45) is 5.69. The highest BCUT2D eigenvalue weighted by molar-refractivity contribution is 5.95. The van der Waals surface area contributed by atoms with Gasteiger partial charge in [0.25, 0.3) is 0 Å². The van der Waals surface area contributed by atoms with Gasteiger partial charge >= 0.3 is 0 Å². The van der Waals surface area contributed by atoms with Crippen molar-refractivity contribution in [3.05, 3.63) is 66.6 Å². The largest absolute Gasteiger partial charge is 0.493 e. The van der Waals surface area contributed by atoms with Crippen molar-refractivity contribution in [3.8, 4) is 28.6 Å². The van der Waals surface area contributed by atoms with Crippen LogP contribution in [0.1, 0.15) is 32.3 Å². The zero-order valence-corrected chi connectivity index (χ0v) is 24.1. The minimum Gasteiger partial charge on any atom is -0.493 e. The molecule has 0 spiro atoms. The van der Waals surface area contributed by atoms with Crippen LogP contribution in [0.15, 0.2) is 61.1 Å². The Morgan fingerprint density at radius 2 is 1.76 bits per heavy atom. The zero-order valence-electron chi connectivity index (χ0n) is 24.1. The summed E-state index contributed by atoms with van der Waals surface area (Å²) in [4.78, 5) is 28.3. The van der Waals surface area contributed by atoms with E-state index in [-0.39, 0.29) is 12.3 Å². The second kappa shape index (κ2) is 13.0. The molecule has 1 aliphatic rings. The molecule has 9 nitrogen and oxygen atoms in total. The molecule has 0 unspecified atom stereocenters. The molecule has 0 radical (unpaired) electrons. The van der Waals surface area contributed by atoms with E-state index in [0.717, 1.165) is 53.7 Å². The topological polar surface area (TPSA) is 98.7 Å². The van der Waals surface area contributed by atoms with Crippen molar-refractivity contribution < 1.29 is 19.0 Å². The van der Waals surface area contributed by atoms with E-state index in [1.54, 1.807) is 32.8 Å². The Hall–Kier alpha value is -4.24. The van der Waals surface area contributed by atoms with Gasteiger partial charge in [0.1, 0.15) is 6.33 Å². The lowest BCUT2D eigenvalue weighted by Crippen LogP contribution is -2.39. The number of aromatic nitrogens is 3. The summed E-state index contributed by atoms with van der Waals surface area (Å²) >= 11 is 0. The number of nitrogens with zero attached hydrogens (tertiary/aromatic N) is 4. The number of methoxy groups -OCH3 is 2. The molecular formula is C32H37N5O4. The number of benzene rings is 2. The average Bonchev–Trinajstić information content (AvgIpc) is 3.00. The number of anilines is 1. The first kappa shape index (κ1) is 28.3. The van der Waals surface area contributed by atoms with Crippen LogP contribution in [-0.4, -0.2) is 65.7 Å². The summed E-state index contributed by atoms with van der Waals surface area (Å²) in [5, 5.41) is 3.81. The fraction of sp³-hybridized carbons (Fsp3) is 0.375. The number of carbonyl (C=O) groups is 1. The maximum Gasteiger partial charge on any atom is 0.228 e. The molecule has 3 heterocycles. The third-order valence-corrected chi connectivity index (χ3v) is 7.59. The number of rotatable bonds is 10. The lowest BCUT2D eigenvalue weighted by Gasteiger charge is -2.34. The highest BCUT2D eigenvalue weighted by atomic mass is 16.5. The minimum absolute atomic E-state index is 0.125. The van der Waals surface area contributed by atoms with E-state index in [1.165, 1.54) is 0 Å². The molecule has 2 aromatic heterocycles. The molecule has 9 heteroatoms. The Kier molecular flexibility index (Phi) is 8.94. The normalized spacial score (nSPS) is 14.3. The molecule has 0 atom stereocenters. The predicted molar refractivity (Wildman–Crippen MR) is 160 cm³/mol. The van der Waals surface area contributed by atoms with Crippen LogP contribution in [0.3, 0.4) is 0 Å². The number of pyridine rings is 1. The summed E-state index contributed by atoms with van der Waals surface area (Å²) in [5.74, 6) is 2.27. The van der Waals surface area contributed by atoms with Crippen molar-refractivity contribution in [3.63, 3.8) is 0 Å². The Morgan fingerprint density at radius 1 is 0.976 bits per heavy atom. The first-order valence-electron chi connectivity index (χ1n) is 14.0. The van der Waals surface area contributed by atoms with Crippen LogP contribution >= 0.6 is 0 Å². The van der Waals surface area contributed by atoms with Crippen molar-refractivity contribution in [1.82, 2.24) is 19.9 Å². The molecule has 1 fully saturated rings. The average molecular weight is 556 g/mol. The lowest BCUT2D eigenvalue weighted by molar-refractivity contribution is -0.115. The molecule has 1 amide bonds. The van der Waals surface area contributed by atoms with E-state index >= 15 is 0 Å². The van der Waals surface area contributed by atoms with Gasteiger partial charge in [-0.3, -0.25) is 4.79 Å². The second-order valence-corrected chi connectivity index (χ2v) is 10.6. The van der Waals surface area contributed by atoms with Gasteiger partial charge in [0.2, 0.25) is 11.8 Å². The number of nitrogens with one attached hydrogen (secondary N) is 1. The molecule has 2 aromatic carbocycles. The Labute approximate surface area is 240 Å². The van der Waals surface area contributed by atoms with Crippen molar-refractivity contribution >= 4 is 22.5 Å². The summed E-state index contributed by atoms with van der Waals surface area (Å²) < 4.78 is 17.0. The first-order chi connectivity index (χ1) is 19.9. The van der Waals surface area contributed by atoms with Crippen LogP contribution in [-0.2, 0) is 11.2 Å². The van der Waals surface area contributed by atoms with Gasteiger partial charge in [-0.05, 0) is 69.5 Å². The summed E-state index contributed by atoms with van der Waals surface area (Å²) in [6, 6.07) is 15.6. The van der Waals surface area contributed by atoms with Gasteiger partial charge in [0, 0.05) is 41.0 Å². The van der Waals surface area contributed by atoms with Gasteiger partial charge < -0.3 is 24.4 Å². The van der Waals surface area contributed by atoms with Crippen LogP contribution in [0.5, 0.6) is 17.4 Å². The van der Waals surface area contributed by atoms with Crippen molar-refractivity contribution in [2.45, 2.75) is 39.2 Å². The highest BCUT2D eigenvalue weighted by Crippen LogP contribution is 2.36. The van der Waals surface area contributed by atoms with E-state index in [9.17, 15) is 4.79 Å². The molecule has 214 valence electrons. The van der Waals surface area contributed by atoms with E-state index < -0.39 is 0 Å². The molecule has 4 aromatic rings. The van der Waals surface area contributed by atoms with Crippen LogP contribution < -0.4 is 19.5 Å². The molecule has 41 heavy (non-hydrogen) atoms. The highest BCUT2D eigenvalue weighted by Gasteiger charge is 2.22. The third-order valence-electron chi connectivity index (χ3n) is 7.59. The van der Waals surface area contributed by atoms with Crippen LogP contribution in [0.4, 0.5) is 5.69 Å². The number of fused-ring (bicyclic) bond motifs is 1. The fourth-order valence-corrected chi connectivity index (χ4v) is 5.15. The number of amides is 1. The summed E-state index contributed by atoms with van der Waals surface area (Å²) in [7, 11) is 3.21. The van der Waals surface area contributed by atoms with E-state index in [2.05, 4.69) is 39.0 Å². The number of ether oxygens (including phenoxy) is 3. The molecule has 0 bridgehead atoms. The van der Waals surface area contributed by atoms with Gasteiger partial charge in [0.05, 0.1) is 38.5 Å². The molecule has 1 N–H and O–H groups in total. The monoisotopic (exact) mass is 555 g/mol. The maximum atomic E-state index is 12.5. The van der Waals surface area contributed by atoms with Crippen LogP contribution in [0, 0.1) is 5.92 Å². The van der Waals surface area contributed by atoms with Gasteiger partial charge in [-0.25, -0.2) is 15.0 Å². The van der Waals surface area contributed by atoms with Crippen molar-refractivity contribution in [1.29, 1.82) is 0 Å². The van der Waals surface area contributed by atoms with E-state index in [0.29, 0.717) is 41.6 Å². The maximum absolute atomic E-state index is 12.5. The van der Waals surface area contributed by atoms with Crippen molar-refractivity contribution in [2.75, 3.05) is 39.2 Å². The quantitative estimate of drug-likeness (QED) is 0.278. The molecule has 1 saturated heterocycles. The summed E-state index contributed by atoms with van der Waals surface area (Å²) in [5.41, 5.74) is 3.98. The fourth-order valence-electron chi connectivity index (χ4n) is 5.15. The number of likely N-dealkylation sites (tertiary alicyclic amines) is 1. The molecule has 1 aliphatic heterocycles. The van der Waals surface area contributed by atoms with Crippen molar-refractivity contribution in [2.24, 2.45) is 5.92 Å². The number of hydrogen-bond acceptors (Lipinski definition) is 8. The van der Waals surface area contributed by atoms with Gasteiger partial charge in [-0.2, -0.15) is 0 Å². The van der Waals surface area contributed by atoms with E-state index in [4.69, 9.17) is 14.2 Å². The third kappa shape index (κ3) is 6.92. The first-order valence-corrected chi connectivity index (χ1v) is 14.0. The minimum atomic E-state index is -0.125. The number of hydrogen-bond donors (Lipinski definition) is 1. The smallest absolute Gasteiger partial charge is 0.228 e. The SMILES string of the molecule is COc1ccc(CC(=O)Nc2ccc(-c3ncnc4cc(OCC5CCN(C(C)C)CC5)c(OC)cc34)cc2)cn1. The number of carbonyl (C=O) groups excluding carboxylic acids is 1. The Morgan fingerprint density at radius 3 is 2.41 bits per heavy atom. The lowest BCUT2D eigenvalue weighted by atomic mass is 9.97. The molecule has 0 aliphatic carbocycles. The Bertz CT molecular complexity index is 1470. The second-order valence-electron chi connectivity index (χ2n) is 10.6. The van der Waals surface area contributed by atoms with Gasteiger partial charge in [-0.1, -0.05) is 18.2 Å². The van der Waals surface area contributed by atoms with Crippen LogP contribution in [0.2, 0.25) is 0 Å². The molecule has 5 rings (SSSR count).